The second-order valence-corrected chi connectivity index (χ2v) is 3.62. The van der Waals surface area contributed by atoms with Gasteiger partial charge in [0.15, 0.2) is 0 Å². The molecule has 1 aliphatic rings. The fraction of sp³-hybridized carbons (Fsp3) is 0.700. The molecule has 74 valence electrons. The summed E-state index contributed by atoms with van der Waals surface area (Å²) < 4.78 is 0. The van der Waals surface area contributed by atoms with Gasteiger partial charge in [-0.15, -0.1) is 6.58 Å². The van der Waals surface area contributed by atoms with Crippen molar-refractivity contribution < 1.29 is 9.90 Å². The van der Waals surface area contributed by atoms with Gasteiger partial charge in [0.25, 0.3) is 0 Å². The van der Waals surface area contributed by atoms with Crippen molar-refractivity contribution in [3.63, 3.8) is 0 Å². The summed E-state index contributed by atoms with van der Waals surface area (Å²) in [5, 5.41) is 8.78. The molecule has 3 heteroatoms. The number of rotatable bonds is 3. The number of carbonyl (C=O) groups is 1. The van der Waals surface area contributed by atoms with Crippen molar-refractivity contribution >= 4 is 5.97 Å². The van der Waals surface area contributed by atoms with Crippen molar-refractivity contribution in [1.82, 2.24) is 4.90 Å². The molecular weight excluding hydrogens is 166 g/mol. The quantitative estimate of drug-likeness (QED) is 0.671. The van der Waals surface area contributed by atoms with Crippen molar-refractivity contribution in [2.24, 2.45) is 5.92 Å². The second-order valence-electron chi connectivity index (χ2n) is 3.62. The van der Waals surface area contributed by atoms with Gasteiger partial charge in [0.1, 0.15) is 0 Å². The SMILES string of the molecule is C=CC(C)N1CCC(C(=O)O)CC1. The lowest BCUT2D eigenvalue weighted by atomic mass is 9.96. The first kappa shape index (κ1) is 10.3. The van der Waals surface area contributed by atoms with Crippen LogP contribution in [-0.4, -0.2) is 35.1 Å². The summed E-state index contributed by atoms with van der Waals surface area (Å²) in [4.78, 5) is 12.9. The van der Waals surface area contributed by atoms with Crippen molar-refractivity contribution in [2.75, 3.05) is 13.1 Å². The van der Waals surface area contributed by atoms with Crippen LogP contribution in [0.2, 0.25) is 0 Å². The maximum atomic E-state index is 10.7. The van der Waals surface area contributed by atoms with E-state index in [2.05, 4.69) is 18.4 Å². The Kier molecular flexibility index (Phi) is 3.48. The van der Waals surface area contributed by atoms with Crippen LogP contribution >= 0.6 is 0 Å². The summed E-state index contributed by atoms with van der Waals surface area (Å²) in [6.07, 6.45) is 3.45. The maximum Gasteiger partial charge on any atom is 0.306 e. The van der Waals surface area contributed by atoms with Gasteiger partial charge in [-0.3, -0.25) is 9.69 Å². The largest absolute Gasteiger partial charge is 0.481 e. The molecule has 1 aliphatic heterocycles. The first-order chi connectivity index (χ1) is 6.15. The number of piperidine rings is 1. The van der Waals surface area contributed by atoms with Gasteiger partial charge in [-0.05, 0) is 32.9 Å². The first-order valence-electron chi connectivity index (χ1n) is 4.74. The zero-order valence-corrected chi connectivity index (χ0v) is 8.07. The van der Waals surface area contributed by atoms with Crippen molar-refractivity contribution in [2.45, 2.75) is 25.8 Å². The lowest BCUT2D eigenvalue weighted by Crippen LogP contribution is -2.40. The molecule has 1 rings (SSSR count). The Balaban J connectivity index is 2.38. The number of hydrogen-bond acceptors (Lipinski definition) is 2. The molecule has 0 amide bonds. The number of carboxylic acid groups (broad SMARTS) is 1. The standard InChI is InChI=1S/C10H17NO2/c1-3-8(2)11-6-4-9(5-7-11)10(12)13/h3,8-9H,1,4-7H2,2H3,(H,12,13). The summed E-state index contributed by atoms with van der Waals surface area (Å²) in [5.41, 5.74) is 0. The molecule has 0 saturated carbocycles. The van der Waals surface area contributed by atoms with E-state index in [9.17, 15) is 4.79 Å². The Labute approximate surface area is 79.0 Å². The molecule has 0 spiro atoms. The van der Waals surface area contributed by atoms with Gasteiger partial charge in [0.2, 0.25) is 0 Å². The monoisotopic (exact) mass is 183 g/mol. The van der Waals surface area contributed by atoms with Crippen LogP contribution < -0.4 is 0 Å². The molecule has 0 bridgehead atoms. The average Bonchev–Trinajstić information content (AvgIpc) is 2.17. The lowest BCUT2D eigenvalue weighted by molar-refractivity contribution is -0.143. The molecule has 1 fully saturated rings. The third kappa shape index (κ3) is 2.56. The minimum Gasteiger partial charge on any atom is -0.481 e. The second kappa shape index (κ2) is 4.42. The predicted octanol–water partition coefficient (Wildman–Crippen LogP) is 1.36. The fourth-order valence-corrected chi connectivity index (χ4v) is 1.70. The topological polar surface area (TPSA) is 40.5 Å². The normalized spacial score (nSPS) is 22.5. The molecule has 0 aromatic carbocycles. The van der Waals surface area contributed by atoms with Crippen LogP contribution in [0.5, 0.6) is 0 Å². The number of carboxylic acids is 1. The highest BCUT2D eigenvalue weighted by Crippen LogP contribution is 2.19. The molecule has 1 heterocycles. The Bertz CT molecular complexity index is 195. The van der Waals surface area contributed by atoms with Crippen molar-refractivity contribution in [3.05, 3.63) is 12.7 Å². The number of hydrogen-bond donors (Lipinski definition) is 1. The van der Waals surface area contributed by atoms with Crippen molar-refractivity contribution in [1.29, 1.82) is 0 Å². The number of likely N-dealkylation sites (tertiary alicyclic amines) is 1. The van der Waals surface area contributed by atoms with Gasteiger partial charge >= 0.3 is 5.97 Å². The van der Waals surface area contributed by atoms with Gasteiger partial charge in [-0.1, -0.05) is 6.08 Å². The Hall–Kier alpha value is -0.830. The van der Waals surface area contributed by atoms with E-state index in [-0.39, 0.29) is 5.92 Å². The molecule has 0 aromatic rings. The molecule has 1 saturated heterocycles. The van der Waals surface area contributed by atoms with E-state index in [0.717, 1.165) is 25.9 Å². The van der Waals surface area contributed by atoms with E-state index in [1.165, 1.54) is 0 Å². The molecule has 1 N–H and O–H groups in total. The fourth-order valence-electron chi connectivity index (χ4n) is 1.70. The number of nitrogens with zero attached hydrogens (tertiary/aromatic N) is 1. The third-order valence-corrected chi connectivity index (χ3v) is 2.80. The average molecular weight is 183 g/mol. The van der Waals surface area contributed by atoms with E-state index in [1.807, 2.05) is 6.08 Å². The Morgan fingerprint density at radius 3 is 2.54 bits per heavy atom. The molecule has 0 aliphatic carbocycles. The molecule has 3 nitrogen and oxygen atoms in total. The Morgan fingerprint density at radius 2 is 2.15 bits per heavy atom. The molecule has 0 radical (unpaired) electrons. The van der Waals surface area contributed by atoms with Gasteiger partial charge in [-0.25, -0.2) is 0 Å². The van der Waals surface area contributed by atoms with Gasteiger partial charge in [0.05, 0.1) is 5.92 Å². The van der Waals surface area contributed by atoms with Crippen LogP contribution in [0.25, 0.3) is 0 Å². The van der Waals surface area contributed by atoms with Crippen LogP contribution in [0.1, 0.15) is 19.8 Å². The van der Waals surface area contributed by atoms with E-state index in [1.54, 1.807) is 0 Å². The number of aliphatic carboxylic acids is 1. The highest BCUT2D eigenvalue weighted by Gasteiger charge is 2.25. The maximum absolute atomic E-state index is 10.7. The third-order valence-electron chi connectivity index (χ3n) is 2.80. The zero-order valence-electron chi connectivity index (χ0n) is 8.07. The highest BCUT2D eigenvalue weighted by atomic mass is 16.4. The molecule has 1 unspecified atom stereocenters. The molecular formula is C10H17NO2. The minimum absolute atomic E-state index is 0.131. The van der Waals surface area contributed by atoms with Crippen LogP contribution in [0, 0.1) is 5.92 Å². The van der Waals surface area contributed by atoms with Crippen LogP contribution in [-0.2, 0) is 4.79 Å². The van der Waals surface area contributed by atoms with E-state index in [4.69, 9.17) is 5.11 Å². The summed E-state index contributed by atoms with van der Waals surface area (Å²) >= 11 is 0. The van der Waals surface area contributed by atoms with E-state index < -0.39 is 5.97 Å². The van der Waals surface area contributed by atoms with Crippen molar-refractivity contribution in [3.8, 4) is 0 Å². The lowest BCUT2D eigenvalue weighted by Gasteiger charge is -2.33. The van der Waals surface area contributed by atoms with Crippen LogP contribution in [0.4, 0.5) is 0 Å². The smallest absolute Gasteiger partial charge is 0.306 e. The van der Waals surface area contributed by atoms with Crippen LogP contribution in [0.3, 0.4) is 0 Å². The van der Waals surface area contributed by atoms with Gasteiger partial charge in [-0.2, -0.15) is 0 Å². The van der Waals surface area contributed by atoms with Gasteiger partial charge in [0, 0.05) is 6.04 Å². The molecule has 1 atom stereocenters. The zero-order chi connectivity index (χ0) is 9.84. The van der Waals surface area contributed by atoms with Gasteiger partial charge < -0.3 is 5.11 Å². The summed E-state index contributed by atoms with van der Waals surface area (Å²) in [6, 6.07) is 0.370. The van der Waals surface area contributed by atoms with Crippen LogP contribution in [0.15, 0.2) is 12.7 Å². The summed E-state index contributed by atoms with van der Waals surface area (Å²) in [5.74, 6) is -0.779. The minimum atomic E-state index is -0.647. The Morgan fingerprint density at radius 1 is 1.62 bits per heavy atom. The summed E-state index contributed by atoms with van der Waals surface area (Å²) in [6.45, 7) is 7.58. The van der Waals surface area contributed by atoms with E-state index >= 15 is 0 Å². The molecule has 0 aromatic heterocycles. The first-order valence-corrected chi connectivity index (χ1v) is 4.74. The summed E-state index contributed by atoms with van der Waals surface area (Å²) in [7, 11) is 0. The predicted molar refractivity (Wildman–Crippen MR) is 51.6 cm³/mol. The molecule has 13 heavy (non-hydrogen) atoms. The van der Waals surface area contributed by atoms with E-state index in [0.29, 0.717) is 6.04 Å². The highest BCUT2D eigenvalue weighted by molar-refractivity contribution is 5.70.